The molecule has 32 heavy (non-hydrogen) atoms. The predicted octanol–water partition coefficient (Wildman–Crippen LogP) is 4.90. The summed E-state index contributed by atoms with van der Waals surface area (Å²) in [4.78, 5) is 35.3. The molecule has 0 aliphatic heterocycles. The number of hydrogen-bond donors (Lipinski definition) is 1. The van der Waals surface area contributed by atoms with E-state index >= 15 is 0 Å². The van der Waals surface area contributed by atoms with Crippen LogP contribution in [0.4, 0.5) is 11.4 Å². The zero-order valence-corrected chi connectivity index (χ0v) is 17.1. The number of nitrogens with one attached hydrogen (secondary N) is 1. The molecule has 0 radical (unpaired) electrons. The van der Waals surface area contributed by atoms with Crippen LogP contribution in [0.25, 0.3) is 16.9 Å². The van der Waals surface area contributed by atoms with Gasteiger partial charge in [0.25, 0.3) is 11.6 Å². The summed E-state index contributed by atoms with van der Waals surface area (Å²) < 4.78 is 1.56. The van der Waals surface area contributed by atoms with Crippen molar-refractivity contribution in [3.8, 4) is 16.9 Å². The zero-order valence-electron chi connectivity index (χ0n) is 17.1. The lowest BCUT2D eigenvalue weighted by Gasteiger charge is -2.06. The van der Waals surface area contributed by atoms with E-state index in [0.29, 0.717) is 22.5 Å². The third-order valence-corrected chi connectivity index (χ3v) is 4.86. The first kappa shape index (κ1) is 20.7. The second-order valence-electron chi connectivity index (χ2n) is 7.07. The van der Waals surface area contributed by atoms with Gasteiger partial charge in [-0.3, -0.25) is 19.7 Å². The fourth-order valence-electron chi connectivity index (χ4n) is 3.22. The number of carbonyl (C=O) groups excluding carboxylic acids is 2. The molecule has 0 saturated carbocycles. The number of hydrogen-bond acceptors (Lipinski definition) is 5. The highest BCUT2D eigenvalue weighted by Crippen LogP contribution is 2.27. The Hall–Kier alpha value is -4.59. The van der Waals surface area contributed by atoms with Gasteiger partial charge in [-0.2, -0.15) is 5.10 Å². The first-order chi connectivity index (χ1) is 15.4. The smallest absolute Gasteiger partial charge is 0.270 e. The van der Waals surface area contributed by atoms with Crippen LogP contribution in [0.1, 0.15) is 27.6 Å². The van der Waals surface area contributed by atoms with E-state index in [-0.39, 0.29) is 17.0 Å². The average Bonchev–Trinajstić information content (AvgIpc) is 3.26. The molecule has 4 rings (SSSR count). The third kappa shape index (κ3) is 4.29. The lowest BCUT2D eigenvalue weighted by molar-refractivity contribution is -0.384. The molecule has 1 aromatic heterocycles. The first-order valence-corrected chi connectivity index (χ1v) is 9.74. The molecule has 1 heterocycles. The monoisotopic (exact) mass is 426 g/mol. The maximum Gasteiger partial charge on any atom is 0.270 e. The molecule has 0 fully saturated rings. The van der Waals surface area contributed by atoms with Crippen molar-refractivity contribution in [2.24, 2.45) is 0 Å². The van der Waals surface area contributed by atoms with Gasteiger partial charge in [0.2, 0.25) is 0 Å². The third-order valence-electron chi connectivity index (χ3n) is 4.86. The SMILES string of the molecule is CC(=O)c1ccc(NC(=O)c2cn(-c3ccccc3)nc2-c2cccc([N+](=O)[O-])c2)cc1. The van der Waals surface area contributed by atoms with E-state index in [4.69, 9.17) is 0 Å². The summed E-state index contributed by atoms with van der Waals surface area (Å²) in [5.41, 5.74) is 2.72. The second kappa shape index (κ2) is 8.65. The number of para-hydroxylation sites is 1. The van der Waals surface area contributed by atoms with Gasteiger partial charge >= 0.3 is 0 Å². The summed E-state index contributed by atoms with van der Waals surface area (Å²) in [5.74, 6) is -0.496. The molecule has 0 unspecified atom stereocenters. The average molecular weight is 426 g/mol. The Morgan fingerprint density at radius 3 is 2.34 bits per heavy atom. The van der Waals surface area contributed by atoms with Crippen molar-refractivity contribution in [2.45, 2.75) is 6.92 Å². The number of rotatable bonds is 6. The highest BCUT2D eigenvalue weighted by Gasteiger charge is 2.20. The van der Waals surface area contributed by atoms with Crippen molar-refractivity contribution < 1.29 is 14.5 Å². The first-order valence-electron chi connectivity index (χ1n) is 9.74. The molecule has 8 heteroatoms. The highest BCUT2D eigenvalue weighted by atomic mass is 16.6. The van der Waals surface area contributed by atoms with Gasteiger partial charge in [-0.25, -0.2) is 4.68 Å². The van der Waals surface area contributed by atoms with Gasteiger partial charge in [0.1, 0.15) is 5.69 Å². The number of benzene rings is 3. The van der Waals surface area contributed by atoms with Crippen LogP contribution >= 0.6 is 0 Å². The Kier molecular flexibility index (Phi) is 5.59. The highest BCUT2D eigenvalue weighted by molar-refractivity contribution is 6.08. The molecule has 0 bridgehead atoms. The van der Waals surface area contributed by atoms with E-state index in [1.807, 2.05) is 30.3 Å². The fraction of sp³-hybridized carbons (Fsp3) is 0.0417. The van der Waals surface area contributed by atoms with Crippen LogP contribution in [0.2, 0.25) is 0 Å². The summed E-state index contributed by atoms with van der Waals surface area (Å²) >= 11 is 0. The molecule has 0 aliphatic rings. The molecule has 1 N–H and O–H groups in total. The number of ketones is 1. The van der Waals surface area contributed by atoms with E-state index < -0.39 is 10.8 Å². The van der Waals surface area contributed by atoms with Crippen molar-refractivity contribution in [1.29, 1.82) is 0 Å². The second-order valence-corrected chi connectivity index (χ2v) is 7.07. The molecule has 8 nitrogen and oxygen atoms in total. The minimum Gasteiger partial charge on any atom is -0.322 e. The van der Waals surface area contributed by atoms with Crippen molar-refractivity contribution in [2.75, 3.05) is 5.32 Å². The largest absolute Gasteiger partial charge is 0.322 e. The van der Waals surface area contributed by atoms with Gasteiger partial charge in [0, 0.05) is 35.1 Å². The number of anilines is 1. The van der Waals surface area contributed by atoms with Gasteiger partial charge in [-0.05, 0) is 43.3 Å². The Bertz CT molecular complexity index is 1310. The van der Waals surface area contributed by atoms with Crippen LogP contribution < -0.4 is 5.32 Å². The van der Waals surface area contributed by atoms with E-state index in [0.717, 1.165) is 5.69 Å². The van der Waals surface area contributed by atoms with E-state index in [1.54, 1.807) is 47.3 Å². The van der Waals surface area contributed by atoms with Gasteiger partial charge in [0.05, 0.1) is 16.2 Å². The topological polar surface area (TPSA) is 107 Å². The number of carbonyl (C=O) groups is 2. The number of nitro groups is 1. The van der Waals surface area contributed by atoms with Gasteiger partial charge in [-0.1, -0.05) is 30.3 Å². The van der Waals surface area contributed by atoms with Crippen molar-refractivity contribution in [3.63, 3.8) is 0 Å². The molecule has 0 atom stereocenters. The quantitative estimate of drug-likeness (QED) is 0.268. The number of nitro benzene ring substituents is 1. The normalized spacial score (nSPS) is 10.5. The predicted molar refractivity (Wildman–Crippen MR) is 120 cm³/mol. The molecule has 158 valence electrons. The number of nitrogens with zero attached hydrogens (tertiary/aromatic N) is 3. The summed E-state index contributed by atoms with van der Waals surface area (Å²) in [6.07, 6.45) is 1.59. The fourth-order valence-corrected chi connectivity index (χ4v) is 3.22. The lowest BCUT2D eigenvalue weighted by atomic mass is 10.1. The standard InChI is InChI=1S/C24H18N4O4/c1-16(29)17-10-12-19(13-11-17)25-24(30)22-15-27(20-7-3-2-4-8-20)26-23(22)18-6-5-9-21(14-18)28(31)32/h2-15H,1H3,(H,25,30). The van der Waals surface area contributed by atoms with Gasteiger partial charge < -0.3 is 5.32 Å². The summed E-state index contributed by atoms with van der Waals surface area (Å²) in [5, 5.41) is 18.6. The number of amides is 1. The molecule has 4 aromatic rings. The van der Waals surface area contributed by atoms with Crippen molar-refractivity contribution in [1.82, 2.24) is 9.78 Å². The van der Waals surface area contributed by atoms with Crippen LogP contribution in [0.5, 0.6) is 0 Å². The summed E-state index contributed by atoms with van der Waals surface area (Å²) in [7, 11) is 0. The molecular formula is C24H18N4O4. The van der Waals surface area contributed by atoms with Crippen LogP contribution in [0.3, 0.4) is 0 Å². The van der Waals surface area contributed by atoms with Crippen LogP contribution in [0.15, 0.2) is 85.1 Å². The maximum atomic E-state index is 13.1. The summed E-state index contributed by atoms with van der Waals surface area (Å²) in [6.45, 7) is 1.47. The molecule has 1 amide bonds. The molecular weight excluding hydrogens is 408 g/mol. The number of non-ortho nitro benzene ring substituents is 1. The van der Waals surface area contributed by atoms with E-state index in [1.165, 1.54) is 19.1 Å². The van der Waals surface area contributed by atoms with Crippen LogP contribution in [0, 0.1) is 10.1 Å². The van der Waals surface area contributed by atoms with Crippen LogP contribution in [-0.2, 0) is 0 Å². The number of aromatic nitrogens is 2. The van der Waals surface area contributed by atoms with Gasteiger partial charge in [-0.15, -0.1) is 0 Å². The maximum absolute atomic E-state index is 13.1. The lowest BCUT2D eigenvalue weighted by Crippen LogP contribution is -2.12. The van der Waals surface area contributed by atoms with Crippen molar-refractivity contribution >= 4 is 23.1 Å². The Balaban J connectivity index is 1.75. The molecule has 0 aliphatic carbocycles. The molecule has 0 saturated heterocycles. The molecule has 3 aromatic carbocycles. The van der Waals surface area contributed by atoms with E-state index in [2.05, 4.69) is 10.4 Å². The minimum atomic E-state index is -0.492. The summed E-state index contributed by atoms with van der Waals surface area (Å²) in [6, 6.07) is 21.8. The Morgan fingerprint density at radius 2 is 1.69 bits per heavy atom. The Morgan fingerprint density at radius 1 is 0.969 bits per heavy atom. The molecule has 0 spiro atoms. The number of Topliss-reactive ketones (excluding diaryl/α,β-unsaturated/α-hetero) is 1. The minimum absolute atomic E-state index is 0.0695. The van der Waals surface area contributed by atoms with Crippen molar-refractivity contribution in [3.05, 3.63) is 106 Å². The van der Waals surface area contributed by atoms with Crippen LogP contribution in [-0.4, -0.2) is 26.4 Å². The van der Waals surface area contributed by atoms with Gasteiger partial charge in [0.15, 0.2) is 5.78 Å². The Labute approximate surface area is 183 Å². The van der Waals surface area contributed by atoms with E-state index in [9.17, 15) is 19.7 Å². The zero-order chi connectivity index (χ0) is 22.7.